The van der Waals surface area contributed by atoms with Crippen LogP contribution in [0.15, 0.2) is 68.0 Å². The number of nitrogens with two attached hydrogens (primary N) is 2. The number of guanidine groups is 1. The third-order valence-electron chi connectivity index (χ3n) is 7.06. The molecule has 0 saturated heterocycles. The molecule has 39 heavy (non-hydrogen) atoms. The number of pyridine rings is 1. The van der Waals surface area contributed by atoms with Gasteiger partial charge >= 0.3 is 0 Å². The second kappa shape index (κ2) is 18.2. The molecule has 0 spiro atoms. The van der Waals surface area contributed by atoms with Crippen LogP contribution in [0, 0.1) is 13.8 Å². The molecule has 1 saturated carbocycles. The number of rotatable bonds is 9. The van der Waals surface area contributed by atoms with Gasteiger partial charge in [-0.2, -0.15) is 4.99 Å². The van der Waals surface area contributed by atoms with Crippen molar-refractivity contribution in [2.45, 2.75) is 58.4 Å². The van der Waals surface area contributed by atoms with Gasteiger partial charge in [0, 0.05) is 44.0 Å². The zero-order valence-corrected chi connectivity index (χ0v) is 25.9. The van der Waals surface area contributed by atoms with E-state index >= 15 is 0 Å². The predicted octanol–water partition coefficient (Wildman–Crippen LogP) is 6.01. The van der Waals surface area contributed by atoms with Gasteiger partial charge in [-0.3, -0.25) is 4.90 Å². The molecule has 1 aliphatic rings. The second-order valence-corrected chi connectivity index (χ2v) is 10.2. The molecule has 1 aromatic heterocycles. The number of aryl methyl sites for hydroxylation is 2. The lowest BCUT2D eigenvalue weighted by atomic mass is 9.90. The highest BCUT2D eigenvalue weighted by Gasteiger charge is 2.41. The van der Waals surface area contributed by atoms with Crippen molar-refractivity contribution in [3.8, 4) is 0 Å². The summed E-state index contributed by atoms with van der Waals surface area (Å²) in [6.07, 6.45) is 8.18. The van der Waals surface area contributed by atoms with Crippen LogP contribution in [-0.4, -0.2) is 79.0 Å². The minimum atomic E-state index is 0.0270. The van der Waals surface area contributed by atoms with Gasteiger partial charge in [0.25, 0.3) is 0 Å². The zero-order chi connectivity index (χ0) is 30.2. The van der Waals surface area contributed by atoms with E-state index in [9.17, 15) is 0 Å². The molecule has 0 aliphatic heterocycles. The molecule has 4 N–H and O–H groups in total. The Hall–Kier alpha value is -3.16. The maximum absolute atomic E-state index is 5.38. The molecule has 0 amide bonds. The molecule has 1 heterocycles. The van der Waals surface area contributed by atoms with Gasteiger partial charge in [0.1, 0.15) is 0 Å². The van der Waals surface area contributed by atoms with Gasteiger partial charge in [-0.15, -0.1) is 26.3 Å². The van der Waals surface area contributed by atoms with Crippen molar-refractivity contribution in [1.82, 2.24) is 19.7 Å². The number of hydrogen-bond donors (Lipinski definition) is 2. The number of aliphatic imine (C=N–C) groups is 1. The SMILES string of the molecule is C=C.C=C.C=C(N(C)CCC)C1(N(C)CCN(C)C)CCCC1.Cc1ccc2c(C)cnc(N=C(N)N)c2c1. The first kappa shape index (κ1) is 35.8. The molecule has 0 radical (unpaired) electrons. The van der Waals surface area contributed by atoms with Crippen LogP contribution >= 0.6 is 0 Å². The lowest BCUT2D eigenvalue weighted by Gasteiger charge is -2.44. The molecule has 1 aliphatic carbocycles. The molecule has 7 heteroatoms. The smallest absolute Gasteiger partial charge is 0.192 e. The highest BCUT2D eigenvalue weighted by molar-refractivity contribution is 5.95. The zero-order valence-electron chi connectivity index (χ0n) is 25.9. The van der Waals surface area contributed by atoms with E-state index in [0.29, 0.717) is 5.82 Å². The summed E-state index contributed by atoms with van der Waals surface area (Å²) in [5.41, 5.74) is 14.6. The van der Waals surface area contributed by atoms with Crippen LogP contribution in [0.3, 0.4) is 0 Å². The molecule has 0 atom stereocenters. The van der Waals surface area contributed by atoms with Crippen molar-refractivity contribution in [3.63, 3.8) is 0 Å². The number of benzene rings is 1. The van der Waals surface area contributed by atoms with Crippen molar-refractivity contribution >= 4 is 22.5 Å². The fourth-order valence-electron chi connectivity index (χ4n) is 4.94. The Bertz CT molecular complexity index is 1030. The van der Waals surface area contributed by atoms with Gasteiger partial charge in [-0.1, -0.05) is 44.0 Å². The van der Waals surface area contributed by atoms with E-state index < -0.39 is 0 Å². The molecule has 0 unspecified atom stereocenters. The Kier molecular flexibility index (Phi) is 16.7. The summed E-state index contributed by atoms with van der Waals surface area (Å²) in [6, 6.07) is 6.17. The van der Waals surface area contributed by atoms with E-state index in [1.54, 1.807) is 6.20 Å². The van der Waals surface area contributed by atoms with Crippen LogP contribution in [0.25, 0.3) is 10.8 Å². The fourth-order valence-corrected chi connectivity index (χ4v) is 4.94. The maximum Gasteiger partial charge on any atom is 0.192 e. The van der Waals surface area contributed by atoms with Gasteiger partial charge in [0.15, 0.2) is 11.8 Å². The summed E-state index contributed by atoms with van der Waals surface area (Å²) in [4.78, 5) is 15.5. The maximum atomic E-state index is 5.38. The van der Waals surface area contributed by atoms with E-state index in [2.05, 4.69) is 105 Å². The van der Waals surface area contributed by atoms with Crippen LogP contribution in [0.4, 0.5) is 5.82 Å². The first-order valence-electron chi connectivity index (χ1n) is 13.7. The van der Waals surface area contributed by atoms with Crippen LogP contribution in [0.1, 0.15) is 50.2 Å². The van der Waals surface area contributed by atoms with Gasteiger partial charge in [0.2, 0.25) is 0 Å². The molecule has 1 aromatic carbocycles. The van der Waals surface area contributed by atoms with E-state index in [4.69, 9.17) is 11.5 Å². The average molecular weight is 538 g/mol. The van der Waals surface area contributed by atoms with Crippen molar-refractivity contribution in [3.05, 3.63) is 74.1 Å². The van der Waals surface area contributed by atoms with E-state index in [1.807, 2.05) is 19.9 Å². The van der Waals surface area contributed by atoms with Gasteiger partial charge in [-0.05, 0) is 71.3 Å². The highest BCUT2D eigenvalue weighted by Crippen LogP contribution is 2.40. The molecule has 218 valence electrons. The fraction of sp³-hybridized carbons (Fsp3) is 0.500. The molecule has 3 rings (SSSR count). The monoisotopic (exact) mass is 537 g/mol. The topological polar surface area (TPSA) is 87.0 Å². The normalized spacial score (nSPS) is 13.4. The van der Waals surface area contributed by atoms with Gasteiger partial charge < -0.3 is 21.3 Å². The Morgan fingerprint density at radius 2 is 1.54 bits per heavy atom. The standard InChI is InChI=1S/C16H33N3.C12H14N4.2C2H4/c1-7-12-18(5)15(2)16(10-8-9-11-16)19(6)14-13-17(3)4;1-7-3-4-9-8(2)6-15-11(10(9)5-7)16-12(13)14;2*1-2/h2,7-14H2,1,3-6H3;3-6H,1-2H3,(H4,13,14,15,16);2*1-2H2. The molecule has 7 nitrogen and oxygen atoms in total. The number of nitrogens with zero attached hydrogens (tertiary/aromatic N) is 5. The van der Waals surface area contributed by atoms with Crippen LogP contribution in [-0.2, 0) is 0 Å². The summed E-state index contributed by atoms with van der Waals surface area (Å²) in [5.74, 6) is 0.600. The quantitative estimate of drug-likeness (QED) is 0.231. The molecule has 1 fully saturated rings. The first-order valence-corrected chi connectivity index (χ1v) is 13.7. The Balaban J connectivity index is 0.000000662. The van der Waals surface area contributed by atoms with Crippen LogP contribution in [0.2, 0.25) is 0 Å². The minimum absolute atomic E-state index is 0.0270. The van der Waals surface area contributed by atoms with E-state index in [-0.39, 0.29) is 11.5 Å². The lowest BCUT2D eigenvalue weighted by Crippen LogP contribution is -2.51. The van der Waals surface area contributed by atoms with Crippen molar-refractivity contribution in [2.75, 3.05) is 47.8 Å². The Morgan fingerprint density at radius 3 is 2.05 bits per heavy atom. The van der Waals surface area contributed by atoms with E-state index in [0.717, 1.165) is 41.5 Å². The summed E-state index contributed by atoms with van der Waals surface area (Å²) in [6.45, 7) is 26.1. The molecular formula is C32H55N7. The van der Waals surface area contributed by atoms with Crippen molar-refractivity contribution in [2.24, 2.45) is 16.5 Å². The third kappa shape index (κ3) is 10.5. The second-order valence-electron chi connectivity index (χ2n) is 10.2. The lowest BCUT2D eigenvalue weighted by molar-refractivity contribution is 0.118. The summed E-state index contributed by atoms with van der Waals surface area (Å²) in [5, 5.41) is 2.11. The predicted molar refractivity (Wildman–Crippen MR) is 174 cm³/mol. The van der Waals surface area contributed by atoms with Crippen molar-refractivity contribution < 1.29 is 0 Å². The van der Waals surface area contributed by atoms with Crippen LogP contribution in [0.5, 0.6) is 0 Å². The molecule has 0 bridgehead atoms. The van der Waals surface area contributed by atoms with Crippen LogP contribution < -0.4 is 11.5 Å². The third-order valence-corrected chi connectivity index (χ3v) is 7.06. The average Bonchev–Trinajstić information content (AvgIpc) is 3.42. The summed E-state index contributed by atoms with van der Waals surface area (Å²) < 4.78 is 0. The van der Waals surface area contributed by atoms with Crippen molar-refractivity contribution in [1.29, 1.82) is 0 Å². The van der Waals surface area contributed by atoms with E-state index in [1.165, 1.54) is 37.8 Å². The number of hydrogen-bond acceptors (Lipinski definition) is 5. The highest BCUT2D eigenvalue weighted by atomic mass is 15.3. The van der Waals surface area contributed by atoms with Gasteiger partial charge in [0.05, 0.1) is 5.54 Å². The minimum Gasteiger partial charge on any atom is -0.377 e. The Morgan fingerprint density at radius 1 is 0.949 bits per heavy atom. The molecular weight excluding hydrogens is 482 g/mol. The molecule has 2 aromatic rings. The summed E-state index contributed by atoms with van der Waals surface area (Å²) >= 11 is 0. The summed E-state index contributed by atoms with van der Waals surface area (Å²) in [7, 11) is 8.77. The number of likely N-dealkylation sites (N-methyl/N-ethyl adjacent to an activating group) is 3. The van der Waals surface area contributed by atoms with Gasteiger partial charge in [-0.25, -0.2) is 4.98 Å². The number of aromatic nitrogens is 1. The first-order chi connectivity index (χ1) is 18.5. The number of fused-ring (bicyclic) bond motifs is 1. The largest absolute Gasteiger partial charge is 0.377 e. The Labute approximate surface area is 239 Å².